The smallest absolute Gasteiger partial charge is 0.252 e. The molecule has 182 valence electrons. The van der Waals surface area contributed by atoms with Crippen molar-refractivity contribution in [1.29, 1.82) is 0 Å². The molecule has 0 saturated carbocycles. The second kappa shape index (κ2) is 11.0. The van der Waals surface area contributed by atoms with Gasteiger partial charge in [-0.05, 0) is 42.3 Å². The highest BCUT2D eigenvalue weighted by molar-refractivity contribution is 7.23. The Balaban J connectivity index is 0.00000289. The lowest BCUT2D eigenvalue weighted by molar-refractivity contribution is -0.114. The second-order valence-corrected chi connectivity index (χ2v) is 8.90. The van der Waals surface area contributed by atoms with Crippen LogP contribution in [0.25, 0.3) is 16.3 Å². The topological polar surface area (TPSA) is 78.7 Å². The minimum atomic E-state index is -0.183. The van der Waals surface area contributed by atoms with Crippen molar-refractivity contribution in [2.45, 2.75) is 13.0 Å². The zero-order chi connectivity index (χ0) is 23.5. The molecule has 1 aliphatic heterocycles. The summed E-state index contributed by atoms with van der Waals surface area (Å²) in [5, 5.41) is 1.13. The van der Waals surface area contributed by atoms with Gasteiger partial charge in [-0.25, -0.2) is 9.97 Å². The van der Waals surface area contributed by atoms with Gasteiger partial charge in [-0.3, -0.25) is 9.69 Å². The standard InChI is InChI=1S/C24H21ClN4O4S.ClH/c1-31-19-7-5-17(25)23-22(19)27-24(34-23)29(11-2-10-28-12-9-26-14-28)21(30)8-4-16-3-6-18-20(13-16)33-15-32-18;/h3-9,12-14H,2,10-11,15H2,1H3;1H/b8-4+;. The average Bonchev–Trinajstić information content (AvgIpc) is 3.61. The molecule has 2 aromatic carbocycles. The van der Waals surface area contributed by atoms with Crippen LogP contribution in [-0.2, 0) is 11.3 Å². The number of aromatic nitrogens is 3. The second-order valence-electron chi connectivity index (χ2n) is 7.51. The van der Waals surface area contributed by atoms with E-state index in [1.54, 1.807) is 48.8 Å². The van der Waals surface area contributed by atoms with Crippen LogP contribution in [0.5, 0.6) is 17.2 Å². The van der Waals surface area contributed by atoms with Gasteiger partial charge < -0.3 is 18.8 Å². The number of hydrogen-bond acceptors (Lipinski definition) is 7. The molecule has 1 aliphatic rings. The maximum Gasteiger partial charge on any atom is 0.252 e. The first-order valence-corrected chi connectivity index (χ1v) is 11.8. The number of benzene rings is 2. The maximum absolute atomic E-state index is 13.3. The van der Waals surface area contributed by atoms with E-state index < -0.39 is 0 Å². The number of imidazole rings is 1. The fourth-order valence-electron chi connectivity index (χ4n) is 3.63. The summed E-state index contributed by atoms with van der Waals surface area (Å²) in [7, 11) is 1.59. The highest BCUT2D eigenvalue weighted by atomic mass is 35.5. The molecule has 0 bridgehead atoms. The highest BCUT2D eigenvalue weighted by Gasteiger charge is 2.21. The van der Waals surface area contributed by atoms with Gasteiger partial charge in [0.05, 0.1) is 23.2 Å². The van der Waals surface area contributed by atoms with Crippen molar-refractivity contribution in [3.63, 3.8) is 0 Å². The Kier molecular flexibility index (Phi) is 7.80. The normalized spacial score (nSPS) is 12.2. The third-order valence-electron chi connectivity index (χ3n) is 5.34. The molecule has 0 unspecified atom stereocenters. The molecule has 8 nitrogen and oxygen atoms in total. The molecule has 1 amide bonds. The van der Waals surface area contributed by atoms with Gasteiger partial charge in [0.15, 0.2) is 16.6 Å². The SMILES string of the molecule is COc1ccc(Cl)c2sc(N(CCCn3ccnc3)C(=O)/C=C/c3ccc4c(c3)OCO4)nc12.Cl. The Morgan fingerprint density at radius 2 is 2.14 bits per heavy atom. The zero-order valence-corrected chi connectivity index (χ0v) is 21.1. The van der Waals surface area contributed by atoms with E-state index in [0.29, 0.717) is 39.5 Å². The van der Waals surface area contributed by atoms with Crippen LogP contribution in [-0.4, -0.2) is 40.9 Å². The van der Waals surface area contributed by atoms with Crippen molar-refractivity contribution in [2.75, 3.05) is 25.3 Å². The summed E-state index contributed by atoms with van der Waals surface area (Å²) in [5.41, 5.74) is 1.48. The average molecular weight is 533 g/mol. The Hall–Kier alpha value is -3.27. The number of amides is 1. The van der Waals surface area contributed by atoms with Gasteiger partial charge in [0.2, 0.25) is 6.79 Å². The quantitative estimate of drug-likeness (QED) is 0.281. The van der Waals surface area contributed by atoms with E-state index in [9.17, 15) is 4.79 Å². The number of halogens is 2. The number of nitrogens with zero attached hydrogens (tertiary/aromatic N) is 4. The highest BCUT2D eigenvalue weighted by Crippen LogP contribution is 2.39. The predicted octanol–water partition coefficient (Wildman–Crippen LogP) is 5.44. The number of fused-ring (bicyclic) bond motifs is 2. The molecule has 0 radical (unpaired) electrons. The van der Waals surface area contributed by atoms with E-state index in [2.05, 4.69) is 4.98 Å². The fraction of sp³-hybridized carbons (Fsp3) is 0.208. The van der Waals surface area contributed by atoms with Crippen LogP contribution in [0.2, 0.25) is 5.02 Å². The van der Waals surface area contributed by atoms with Gasteiger partial charge in [0.1, 0.15) is 11.3 Å². The molecule has 0 spiro atoms. The lowest BCUT2D eigenvalue weighted by Crippen LogP contribution is -2.30. The van der Waals surface area contributed by atoms with Crippen molar-refractivity contribution in [1.82, 2.24) is 14.5 Å². The van der Waals surface area contributed by atoms with Crippen LogP contribution < -0.4 is 19.1 Å². The van der Waals surface area contributed by atoms with Gasteiger partial charge in [-0.15, -0.1) is 12.4 Å². The molecule has 0 fully saturated rings. The first kappa shape index (κ1) is 24.8. The number of carbonyl (C=O) groups is 1. The van der Waals surface area contributed by atoms with Crippen molar-refractivity contribution in [3.8, 4) is 17.2 Å². The van der Waals surface area contributed by atoms with Crippen molar-refractivity contribution in [3.05, 3.63) is 65.7 Å². The molecule has 0 aliphatic carbocycles. The first-order valence-electron chi connectivity index (χ1n) is 10.6. The minimum absolute atomic E-state index is 0. The monoisotopic (exact) mass is 532 g/mol. The molecule has 4 aromatic rings. The molecule has 11 heteroatoms. The van der Waals surface area contributed by atoms with E-state index in [4.69, 9.17) is 30.8 Å². The van der Waals surface area contributed by atoms with Crippen LogP contribution in [0, 0.1) is 0 Å². The lowest BCUT2D eigenvalue weighted by atomic mass is 10.2. The summed E-state index contributed by atoms with van der Waals surface area (Å²) in [5.74, 6) is 1.80. The molecule has 0 saturated heterocycles. The third-order valence-corrected chi connectivity index (χ3v) is 6.87. The van der Waals surface area contributed by atoms with Gasteiger partial charge in [0.25, 0.3) is 5.91 Å². The van der Waals surface area contributed by atoms with E-state index in [0.717, 1.165) is 23.2 Å². The van der Waals surface area contributed by atoms with E-state index in [1.165, 1.54) is 11.3 Å². The number of hydrogen-bond donors (Lipinski definition) is 0. The van der Waals surface area contributed by atoms with Crippen LogP contribution in [0.1, 0.15) is 12.0 Å². The lowest BCUT2D eigenvalue weighted by Gasteiger charge is -2.18. The molecule has 2 aromatic heterocycles. The summed E-state index contributed by atoms with van der Waals surface area (Å²) < 4.78 is 19.0. The van der Waals surface area contributed by atoms with Crippen molar-refractivity contribution < 1.29 is 19.0 Å². The van der Waals surface area contributed by atoms with Gasteiger partial charge in [-0.1, -0.05) is 29.0 Å². The van der Waals surface area contributed by atoms with E-state index in [1.807, 2.05) is 29.0 Å². The van der Waals surface area contributed by atoms with Crippen LogP contribution in [0.15, 0.2) is 55.1 Å². The van der Waals surface area contributed by atoms with Crippen LogP contribution in [0.4, 0.5) is 5.13 Å². The van der Waals surface area contributed by atoms with E-state index in [-0.39, 0.29) is 25.1 Å². The predicted molar refractivity (Wildman–Crippen MR) is 139 cm³/mol. The molecule has 5 rings (SSSR count). The summed E-state index contributed by atoms with van der Waals surface area (Å²) in [6.07, 6.45) is 9.41. The number of anilines is 1. The molecular weight excluding hydrogens is 511 g/mol. The summed E-state index contributed by atoms with van der Waals surface area (Å²) >= 11 is 7.78. The van der Waals surface area contributed by atoms with Gasteiger partial charge in [0, 0.05) is 31.6 Å². The Bertz CT molecular complexity index is 1360. The number of aryl methyl sites for hydroxylation is 1. The Morgan fingerprint density at radius 3 is 2.94 bits per heavy atom. The van der Waals surface area contributed by atoms with Crippen molar-refractivity contribution >= 4 is 62.7 Å². The molecule has 3 heterocycles. The Labute approximate surface area is 217 Å². The third kappa shape index (κ3) is 5.37. The summed E-state index contributed by atoms with van der Waals surface area (Å²) in [4.78, 5) is 23.8. The number of ether oxygens (including phenoxy) is 3. The number of methoxy groups -OCH3 is 1. The first-order chi connectivity index (χ1) is 16.6. The zero-order valence-electron chi connectivity index (χ0n) is 18.7. The maximum atomic E-state index is 13.3. The van der Waals surface area contributed by atoms with Gasteiger partial charge >= 0.3 is 0 Å². The Morgan fingerprint density at radius 1 is 1.29 bits per heavy atom. The summed E-state index contributed by atoms with van der Waals surface area (Å²) in [6.45, 7) is 1.41. The minimum Gasteiger partial charge on any atom is -0.494 e. The molecule has 0 N–H and O–H groups in total. The molecular formula is C24H22Cl2N4O4S. The van der Waals surface area contributed by atoms with Crippen LogP contribution >= 0.6 is 35.3 Å². The molecule has 35 heavy (non-hydrogen) atoms. The van der Waals surface area contributed by atoms with Crippen LogP contribution in [0.3, 0.4) is 0 Å². The number of rotatable bonds is 8. The van der Waals surface area contributed by atoms with Crippen molar-refractivity contribution in [2.24, 2.45) is 0 Å². The summed E-state index contributed by atoms with van der Waals surface area (Å²) in [6, 6.07) is 9.10. The fourth-order valence-corrected chi connectivity index (χ4v) is 4.91. The largest absolute Gasteiger partial charge is 0.494 e. The molecule has 0 atom stereocenters. The number of carbonyl (C=O) groups excluding carboxylic acids is 1. The van der Waals surface area contributed by atoms with Gasteiger partial charge in [-0.2, -0.15) is 0 Å². The van der Waals surface area contributed by atoms with E-state index >= 15 is 0 Å². The number of thiazole rings is 1.